The lowest BCUT2D eigenvalue weighted by Crippen LogP contribution is -2.32. The number of carbonyl (C=O) groups is 2. The molecule has 5 nitrogen and oxygen atoms in total. The summed E-state index contributed by atoms with van der Waals surface area (Å²) in [6.45, 7) is 2.46. The topological polar surface area (TPSA) is 66.8 Å². The predicted octanol–water partition coefficient (Wildman–Crippen LogP) is 1.95. The summed E-state index contributed by atoms with van der Waals surface area (Å²) in [7, 11) is 1.65. The smallest absolute Gasteiger partial charge is 0.303 e. The average molecular weight is 279 g/mol. The third kappa shape index (κ3) is 5.73. The number of carbonyl (C=O) groups excluding carboxylic acids is 1. The number of amides is 1. The number of ether oxygens (including phenoxy) is 1. The maximum Gasteiger partial charge on any atom is 0.303 e. The van der Waals surface area contributed by atoms with Crippen molar-refractivity contribution in [2.45, 2.75) is 26.2 Å². The molecule has 0 aliphatic carbocycles. The van der Waals surface area contributed by atoms with Gasteiger partial charge >= 0.3 is 5.97 Å². The summed E-state index contributed by atoms with van der Waals surface area (Å²) in [5.74, 6) is -0.345. The molecule has 0 heterocycles. The molecule has 5 heteroatoms. The van der Waals surface area contributed by atoms with Crippen molar-refractivity contribution in [1.29, 1.82) is 0 Å². The molecule has 0 spiro atoms. The van der Waals surface area contributed by atoms with Crippen molar-refractivity contribution < 1.29 is 19.4 Å². The van der Waals surface area contributed by atoms with Crippen molar-refractivity contribution in [2.75, 3.05) is 20.2 Å². The summed E-state index contributed by atoms with van der Waals surface area (Å²) >= 11 is 0. The van der Waals surface area contributed by atoms with Crippen LogP contribution in [-0.4, -0.2) is 42.1 Å². The number of aryl methyl sites for hydroxylation is 1. The fourth-order valence-electron chi connectivity index (χ4n) is 1.67. The molecule has 0 saturated carbocycles. The fourth-order valence-corrected chi connectivity index (χ4v) is 1.67. The third-order valence-corrected chi connectivity index (χ3v) is 3.00. The summed E-state index contributed by atoms with van der Waals surface area (Å²) in [6, 6.07) is 7.62. The van der Waals surface area contributed by atoms with Gasteiger partial charge in [-0.1, -0.05) is 19.1 Å². The molecule has 0 unspecified atom stereocenters. The Morgan fingerprint density at radius 1 is 1.25 bits per heavy atom. The van der Waals surface area contributed by atoms with Crippen LogP contribution in [0.25, 0.3) is 0 Å². The molecule has 0 atom stereocenters. The molecule has 1 aromatic rings. The second-order valence-corrected chi connectivity index (χ2v) is 4.60. The van der Waals surface area contributed by atoms with Crippen LogP contribution < -0.4 is 4.74 Å². The first-order valence-electron chi connectivity index (χ1n) is 6.70. The first-order valence-corrected chi connectivity index (χ1v) is 6.70. The molecule has 0 saturated heterocycles. The first-order chi connectivity index (χ1) is 9.52. The fraction of sp³-hybridized carbons (Fsp3) is 0.467. The van der Waals surface area contributed by atoms with Gasteiger partial charge in [0.05, 0.1) is 0 Å². The van der Waals surface area contributed by atoms with Crippen LogP contribution in [0.2, 0.25) is 0 Å². The number of rotatable bonds is 8. The van der Waals surface area contributed by atoms with E-state index < -0.39 is 5.97 Å². The van der Waals surface area contributed by atoms with Crippen molar-refractivity contribution in [3.8, 4) is 5.75 Å². The highest BCUT2D eigenvalue weighted by atomic mass is 16.5. The zero-order valence-electron chi connectivity index (χ0n) is 12.0. The molecule has 1 aromatic carbocycles. The molecule has 0 radical (unpaired) electrons. The number of likely N-dealkylation sites (N-methyl/N-ethyl adjacent to an activating group) is 1. The standard InChI is InChI=1S/C15H21NO4/c1-3-12-6-8-13(9-7-12)20-11-14(17)16(2)10-4-5-15(18)19/h6-9H,3-5,10-11H2,1-2H3,(H,18,19). The van der Waals surface area contributed by atoms with E-state index in [1.54, 1.807) is 7.05 Å². The average Bonchev–Trinajstić information content (AvgIpc) is 2.44. The minimum absolute atomic E-state index is 0.0327. The zero-order chi connectivity index (χ0) is 15.0. The van der Waals surface area contributed by atoms with Crippen molar-refractivity contribution in [1.82, 2.24) is 4.90 Å². The van der Waals surface area contributed by atoms with Crippen LogP contribution in [0.1, 0.15) is 25.3 Å². The molecule has 110 valence electrons. The molecule has 20 heavy (non-hydrogen) atoms. The number of hydrogen-bond donors (Lipinski definition) is 1. The van der Waals surface area contributed by atoms with Gasteiger partial charge in [0, 0.05) is 20.0 Å². The Hall–Kier alpha value is -2.04. The first kappa shape index (κ1) is 16.0. The monoisotopic (exact) mass is 279 g/mol. The van der Waals surface area contributed by atoms with E-state index in [9.17, 15) is 9.59 Å². The van der Waals surface area contributed by atoms with Gasteiger partial charge in [0.15, 0.2) is 6.61 Å². The van der Waals surface area contributed by atoms with Gasteiger partial charge in [0.2, 0.25) is 0 Å². The van der Waals surface area contributed by atoms with E-state index in [-0.39, 0.29) is 18.9 Å². The lowest BCUT2D eigenvalue weighted by atomic mass is 10.2. The van der Waals surface area contributed by atoms with Crippen molar-refractivity contribution in [2.24, 2.45) is 0 Å². The summed E-state index contributed by atoms with van der Waals surface area (Å²) in [4.78, 5) is 23.6. The van der Waals surface area contributed by atoms with Crippen LogP contribution in [0.4, 0.5) is 0 Å². The van der Waals surface area contributed by atoms with Gasteiger partial charge in [-0.15, -0.1) is 0 Å². The largest absolute Gasteiger partial charge is 0.484 e. The SMILES string of the molecule is CCc1ccc(OCC(=O)N(C)CCCC(=O)O)cc1. The van der Waals surface area contributed by atoms with Crippen molar-refractivity contribution in [3.05, 3.63) is 29.8 Å². The van der Waals surface area contributed by atoms with Gasteiger partial charge in [0.1, 0.15) is 5.75 Å². The zero-order valence-corrected chi connectivity index (χ0v) is 12.0. The Kier molecular flexibility index (Phi) is 6.56. The van der Waals surface area contributed by atoms with Crippen LogP contribution in [0.3, 0.4) is 0 Å². The summed E-state index contributed by atoms with van der Waals surface area (Å²) in [6.07, 6.45) is 1.48. The molecule has 1 rings (SSSR count). The van der Waals surface area contributed by atoms with Crippen LogP contribution in [0.5, 0.6) is 5.75 Å². The van der Waals surface area contributed by atoms with E-state index in [1.165, 1.54) is 10.5 Å². The molecule has 0 fully saturated rings. The second-order valence-electron chi connectivity index (χ2n) is 4.60. The van der Waals surface area contributed by atoms with Crippen LogP contribution >= 0.6 is 0 Å². The molecule has 0 aliphatic rings. The molecule has 1 amide bonds. The van der Waals surface area contributed by atoms with Crippen LogP contribution in [0, 0.1) is 0 Å². The Balaban J connectivity index is 2.32. The quantitative estimate of drug-likeness (QED) is 0.790. The van der Waals surface area contributed by atoms with Gasteiger partial charge in [-0.25, -0.2) is 0 Å². The van der Waals surface area contributed by atoms with E-state index in [1.807, 2.05) is 24.3 Å². The summed E-state index contributed by atoms with van der Waals surface area (Å²) < 4.78 is 5.41. The maximum absolute atomic E-state index is 11.8. The normalized spacial score (nSPS) is 10.1. The predicted molar refractivity (Wildman–Crippen MR) is 75.8 cm³/mol. The Morgan fingerprint density at radius 2 is 1.90 bits per heavy atom. The Morgan fingerprint density at radius 3 is 2.45 bits per heavy atom. The number of hydrogen-bond acceptors (Lipinski definition) is 3. The van der Waals surface area contributed by atoms with E-state index >= 15 is 0 Å². The molecular weight excluding hydrogens is 258 g/mol. The van der Waals surface area contributed by atoms with Crippen molar-refractivity contribution >= 4 is 11.9 Å². The molecule has 1 N–H and O–H groups in total. The van der Waals surface area contributed by atoms with Gasteiger partial charge < -0.3 is 14.7 Å². The second kappa shape index (κ2) is 8.19. The Bertz CT molecular complexity index is 442. The number of carboxylic acid groups (broad SMARTS) is 1. The molecular formula is C15H21NO4. The van der Waals surface area contributed by atoms with Gasteiger partial charge in [-0.05, 0) is 30.5 Å². The number of carboxylic acids is 1. The van der Waals surface area contributed by atoms with Gasteiger partial charge in [-0.2, -0.15) is 0 Å². The van der Waals surface area contributed by atoms with Crippen LogP contribution in [-0.2, 0) is 16.0 Å². The molecule has 0 aromatic heterocycles. The highest BCUT2D eigenvalue weighted by Gasteiger charge is 2.10. The Labute approximate surface area is 119 Å². The van der Waals surface area contributed by atoms with E-state index in [2.05, 4.69) is 6.92 Å². The number of benzene rings is 1. The third-order valence-electron chi connectivity index (χ3n) is 3.00. The highest BCUT2D eigenvalue weighted by Crippen LogP contribution is 2.12. The maximum atomic E-state index is 11.8. The molecule has 0 aliphatic heterocycles. The number of nitrogens with zero attached hydrogens (tertiary/aromatic N) is 1. The lowest BCUT2D eigenvalue weighted by Gasteiger charge is -2.17. The molecule has 0 bridgehead atoms. The van der Waals surface area contributed by atoms with E-state index in [4.69, 9.17) is 9.84 Å². The number of aliphatic carboxylic acids is 1. The minimum atomic E-state index is -0.849. The summed E-state index contributed by atoms with van der Waals surface area (Å²) in [5, 5.41) is 8.53. The van der Waals surface area contributed by atoms with E-state index in [0.717, 1.165) is 6.42 Å². The van der Waals surface area contributed by atoms with Crippen LogP contribution in [0.15, 0.2) is 24.3 Å². The van der Waals surface area contributed by atoms with Gasteiger partial charge in [0.25, 0.3) is 5.91 Å². The minimum Gasteiger partial charge on any atom is -0.484 e. The van der Waals surface area contributed by atoms with Gasteiger partial charge in [-0.3, -0.25) is 9.59 Å². The van der Waals surface area contributed by atoms with Crippen molar-refractivity contribution in [3.63, 3.8) is 0 Å². The summed E-state index contributed by atoms with van der Waals surface area (Å²) in [5.41, 5.74) is 1.22. The van der Waals surface area contributed by atoms with E-state index in [0.29, 0.717) is 18.7 Å². The lowest BCUT2D eigenvalue weighted by molar-refractivity contribution is -0.138. The highest BCUT2D eigenvalue weighted by molar-refractivity contribution is 5.77.